The van der Waals surface area contributed by atoms with Gasteiger partial charge in [-0.25, -0.2) is 8.42 Å². The number of hydrogen-bond donors (Lipinski definition) is 3. The molecule has 2 aromatic carbocycles. The largest absolute Gasteiger partial charge is 0.495 e. The predicted molar refractivity (Wildman–Crippen MR) is 160 cm³/mol. The highest BCUT2D eigenvalue weighted by Crippen LogP contribution is 2.32. The Morgan fingerprint density at radius 1 is 1.12 bits per heavy atom. The Balaban J connectivity index is 1.51. The Kier molecular flexibility index (Phi) is 10.5. The van der Waals surface area contributed by atoms with Gasteiger partial charge in [-0.2, -0.15) is 13.2 Å². The van der Waals surface area contributed by atoms with Crippen molar-refractivity contribution in [3.05, 3.63) is 48.2 Å². The number of halogens is 3. The Hall–Kier alpha value is -3.44. The van der Waals surface area contributed by atoms with Crippen LogP contribution in [-0.2, 0) is 21.1 Å². The summed E-state index contributed by atoms with van der Waals surface area (Å²) >= 11 is 0. The van der Waals surface area contributed by atoms with Crippen molar-refractivity contribution in [1.82, 2.24) is 9.47 Å². The minimum Gasteiger partial charge on any atom is -0.495 e. The Morgan fingerprint density at radius 3 is 2.51 bits per heavy atom. The molecule has 1 aromatic heterocycles. The quantitative estimate of drug-likeness (QED) is 0.276. The number of likely N-dealkylation sites (tertiary alicyclic amines) is 1. The van der Waals surface area contributed by atoms with E-state index in [4.69, 9.17) is 9.47 Å². The molecule has 2 heterocycles. The van der Waals surface area contributed by atoms with Crippen LogP contribution in [0, 0.1) is 11.8 Å². The first-order valence-corrected chi connectivity index (χ1v) is 15.7. The number of alkyl halides is 3. The number of nitrogens with zero attached hydrogens (tertiary/aromatic N) is 2. The van der Waals surface area contributed by atoms with Gasteiger partial charge in [0.25, 0.3) is 0 Å². The lowest BCUT2D eigenvalue weighted by Gasteiger charge is -2.34. The van der Waals surface area contributed by atoms with E-state index in [0.29, 0.717) is 28.9 Å². The molecule has 43 heavy (non-hydrogen) atoms. The van der Waals surface area contributed by atoms with E-state index < -0.39 is 28.7 Å². The molecule has 3 aromatic rings. The van der Waals surface area contributed by atoms with Crippen molar-refractivity contribution in [1.29, 1.82) is 0 Å². The molecule has 234 valence electrons. The minimum absolute atomic E-state index is 0.0882. The fourth-order valence-electron chi connectivity index (χ4n) is 5.21. The highest BCUT2D eigenvalue weighted by atomic mass is 32.2. The zero-order chi connectivity index (χ0) is 31.2. The van der Waals surface area contributed by atoms with E-state index in [1.54, 1.807) is 31.4 Å². The van der Waals surface area contributed by atoms with Crippen LogP contribution < -0.4 is 15.4 Å². The molecule has 1 saturated heterocycles. The average Bonchev–Trinajstić information content (AvgIpc) is 3.28. The van der Waals surface area contributed by atoms with Crippen LogP contribution in [0.1, 0.15) is 18.5 Å². The van der Waals surface area contributed by atoms with Crippen molar-refractivity contribution >= 4 is 32.1 Å². The van der Waals surface area contributed by atoms with Crippen molar-refractivity contribution in [3.8, 4) is 17.6 Å². The SMILES string of the molecule is COC[C@H](O)CN1CCC(Nc2cccc3c2cc(C#CCNc2ccc(S(C)(=O)=O)cc2OC)n3CC(F)(F)F)CC1. The number of β-amino-alcohol motifs (C(OH)–C–C–N with tert-alkyl or cyclic N) is 1. The average molecular weight is 623 g/mol. The number of nitrogens with one attached hydrogen (secondary N) is 2. The van der Waals surface area contributed by atoms with Crippen LogP contribution in [-0.4, -0.2) is 94.6 Å². The number of benzene rings is 2. The second-order valence-corrected chi connectivity index (χ2v) is 12.6. The van der Waals surface area contributed by atoms with Crippen molar-refractivity contribution in [2.24, 2.45) is 0 Å². The second-order valence-electron chi connectivity index (χ2n) is 10.6. The third-order valence-corrected chi connectivity index (χ3v) is 8.35. The molecule has 1 atom stereocenters. The van der Waals surface area contributed by atoms with Crippen molar-refractivity contribution in [3.63, 3.8) is 0 Å². The van der Waals surface area contributed by atoms with E-state index in [2.05, 4.69) is 27.4 Å². The van der Waals surface area contributed by atoms with E-state index in [1.165, 1.54) is 23.8 Å². The molecule has 0 unspecified atom stereocenters. The highest BCUT2D eigenvalue weighted by Gasteiger charge is 2.30. The topological polar surface area (TPSA) is 105 Å². The van der Waals surface area contributed by atoms with Gasteiger partial charge in [-0.15, -0.1) is 0 Å². The monoisotopic (exact) mass is 622 g/mol. The molecule has 0 saturated carbocycles. The van der Waals surface area contributed by atoms with Gasteiger partial charge in [0.15, 0.2) is 9.84 Å². The molecule has 0 aliphatic carbocycles. The molecular weight excluding hydrogens is 585 g/mol. The number of sulfone groups is 1. The summed E-state index contributed by atoms with van der Waals surface area (Å²) in [6.07, 6.45) is -2.24. The molecule has 0 amide bonds. The van der Waals surface area contributed by atoms with Crippen LogP contribution in [0.4, 0.5) is 24.5 Å². The molecule has 4 rings (SSSR count). The van der Waals surface area contributed by atoms with Gasteiger partial charge in [-0.1, -0.05) is 12.0 Å². The number of hydrogen-bond acceptors (Lipinski definition) is 8. The molecule has 0 spiro atoms. The third kappa shape index (κ3) is 8.79. The molecule has 1 aliphatic heterocycles. The van der Waals surface area contributed by atoms with Crippen LogP contribution in [0.15, 0.2) is 47.4 Å². The lowest BCUT2D eigenvalue weighted by molar-refractivity contribution is -0.140. The lowest BCUT2D eigenvalue weighted by atomic mass is 10.0. The number of ether oxygens (including phenoxy) is 2. The zero-order valence-corrected chi connectivity index (χ0v) is 25.2. The first kappa shape index (κ1) is 32.5. The van der Waals surface area contributed by atoms with Gasteiger partial charge in [0.2, 0.25) is 0 Å². The third-order valence-electron chi connectivity index (χ3n) is 7.24. The smallest absolute Gasteiger partial charge is 0.406 e. The molecular formula is C30H37F3N4O5S. The molecule has 0 bridgehead atoms. The summed E-state index contributed by atoms with van der Waals surface area (Å²) in [6, 6.07) is 11.5. The molecule has 0 radical (unpaired) electrons. The van der Waals surface area contributed by atoms with Gasteiger partial charge in [-0.3, -0.25) is 0 Å². The van der Waals surface area contributed by atoms with E-state index in [9.17, 15) is 26.7 Å². The Morgan fingerprint density at radius 2 is 1.86 bits per heavy atom. The van der Waals surface area contributed by atoms with Gasteiger partial charge in [0.05, 0.1) is 48.2 Å². The van der Waals surface area contributed by atoms with E-state index in [1.807, 2.05) is 6.07 Å². The van der Waals surface area contributed by atoms with E-state index in [-0.39, 0.29) is 29.8 Å². The summed E-state index contributed by atoms with van der Waals surface area (Å²) in [4.78, 5) is 2.29. The number of aromatic nitrogens is 1. The maximum Gasteiger partial charge on any atom is 0.406 e. The van der Waals surface area contributed by atoms with Gasteiger partial charge in [0, 0.05) is 56.2 Å². The van der Waals surface area contributed by atoms with Crippen LogP contribution in [0.5, 0.6) is 5.75 Å². The van der Waals surface area contributed by atoms with Crippen molar-refractivity contribution in [2.75, 3.05) is 63.9 Å². The first-order chi connectivity index (χ1) is 20.4. The number of anilines is 2. The Labute approximate surface area is 249 Å². The van der Waals surface area contributed by atoms with Gasteiger partial charge in [-0.05, 0) is 49.1 Å². The van der Waals surface area contributed by atoms with E-state index >= 15 is 0 Å². The first-order valence-electron chi connectivity index (χ1n) is 13.8. The molecule has 1 aliphatic rings. The van der Waals surface area contributed by atoms with Crippen molar-refractivity contribution < 1.29 is 36.2 Å². The molecule has 9 nitrogen and oxygen atoms in total. The number of aliphatic hydroxyl groups is 1. The summed E-state index contributed by atoms with van der Waals surface area (Å²) < 4.78 is 75.9. The van der Waals surface area contributed by atoms with Crippen molar-refractivity contribution in [2.45, 2.75) is 42.6 Å². The molecule has 13 heteroatoms. The predicted octanol–water partition coefficient (Wildman–Crippen LogP) is 3.96. The number of piperidine rings is 1. The molecule has 1 fully saturated rings. The summed E-state index contributed by atoms with van der Waals surface area (Å²) in [5.41, 5.74) is 1.90. The minimum atomic E-state index is -4.45. The summed E-state index contributed by atoms with van der Waals surface area (Å²) in [5, 5.41) is 17.2. The Bertz CT molecular complexity index is 1570. The molecule has 3 N–H and O–H groups in total. The van der Waals surface area contributed by atoms with Crippen LogP contribution >= 0.6 is 0 Å². The van der Waals surface area contributed by atoms with E-state index in [0.717, 1.165) is 37.9 Å². The lowest BCUT2D eigenvalue weighted by Crippen LogP contribution is -2.43. The van der Waals surface area contributed by atoms with Crippen LogP contribution in [0.2, 0.25) is 0 Å². The maximum absolute atomic E-state index is 13.6. The highest BCUT2D eigenvalue weighted by molar-refractivity contribution is 7.90. The fraction of sp³-hybridized carbons (Fsp3) is 0.467. The summed E-state index contributed by atoms with van der Waals surface area (Å²) in [7, 11) is -0.453. The zero-order valence-electron chi connectivity index (χ0n) is 24.4. The van der Waals surface area contributed by atoms with Gasteiger partial charge < -0.3 is 34.7 Å². The fourth-order valence-corrected chi connectivity index (χ4v) is 5.85. The number of rotatable bonds is 11. The van der Waals surface area contributed by atoms with Gasteiger partial charge >= 0.3 is 6.18 Å². The maximum atomic E-state index is 13.6. The standard InChI is InChI=1S/C30H37F3N4O5S/c1-41-19-23(38)18-36-14-11-21(12-15-36)35-26-7-4-8-28-25(26)16-22(37(28)20-30(31,32)33)6-5-13-34-27-10-9-24(43(3,39)40)17-29(27)42-2/h4,7-10,16-17,21,23,34-35,38H,11-15,18-20H2,1-3H3/t23-/m1/s1. The second kappa shape index (κ2) is 13.9. The van der Waals surface area contributed by atoms with Crippen LogP contribution in [0.3, 0.4) is 0 Å². The number of aliphatic hydroxyl groups excluding tert-OH is 1. The normalized spacial score (nSPS) is 15.6. The number of fused-ring (bicyclic) bond motifs is 1. The number of methoxy groups -OCH3 is 2. The summed E-state index contributed by atoms with van der Waals surface area (Å²) in [6.45, 7) is 1.30. The summed E-state index contributed by atoms with van der Waals surface area (Å²) in [5.74, 6) is 6.07. The van der Waals surface area contributed by atoms with Gasteiger partial charge in [0.1, 0.15) is 12.3 Å². The van der Waals surface area contributed by atoms with Crippen LogP contribution in [0.25, 0.3) is 10.9 Å².